The van der Waals surface area contributed by atoms with Crippen LogP contribution in [-0.4, -0.2) is 56.7 Å². The molecule has 1 saturated carbocycles. The van der Waals surface area contributed by atoms with Crippen LogP contribution >= 0.6 is 11.3 Å². The Labute approximate surface area is 157 Å². The first-order valence-corrected chi connectivity index (χ1v) is 11.3. The van der Waals surface area contributed by atoms with Crippen LogP contribution in [0.25, 0.3) is 0 Å². The summed E-state index contributed by atoms with van der Waals surface area (Å²) in [6.07, 6.45) is 5.10. The summed E-state index contributed by atoms with van der Waals surface area (Å²) in [5.41, 5.74) is 0. The van der Waals surface area contributed by atoms with Gasteiger partial charge in [0, 0.05) is 19.1 Å². The highest BCUT2D eigenvalue weighted by molar-refractivity contribution is 7.90. The highest BCUT2D eigenvalue weighted by Gasteiger charge is 2.35. The lowest BCUT2D eigenvalue weighted by Gasteiger charge is -2.32. The van der Waals surface area contributed by atoms with Gasteiger partial charge >= 0.3 is 5.97 Å². The van der Waals surface area contributed by atoms with Gasteiger partial charge in [-0.1, -0.05) is 12.8 Å². The molecule has 1 N–H and O–H groups in total. The minimum absolute atomic E-state index is 0.0333. The SMILES string of the molecule is COC(=O)c1ccc(C(=O)N2CCC[C@H](S(=O)(=O)NC3CCCC3)C2)s1. The summed E-state index contributed by atoms with van der Waals surface area (Å²) in [6.45, 7) is 0.714. The minimum Gasteiger partial charge on any atom is -0.465 e. The van der Waals surface area contributed by atoms with E-state index in [4.69, 9.17) is 0 Å². The van der Waals surface area contributed by atoms with Crippen molar-refractivity contribution in [1.82, 2.24) is 9.62 Å². The van der Waals surface area contributed by atoms with Crippen molar-refractivity contribution >= 4 is 33.2 Å². The summed E-state index contributed by atoms with van der Waals surface area (Å²) in [5.74, 6) is -0.708. The molecule has 26 heavy (non-hydrogen) atoms. The number of esters is 1. The molecule has 1 aromatic rings. The average molecular weight is 401 g/mol. The molecule has 144 valence electrons. The van der Waals surface area contributed by atoms with Gasteiger partial charge in [-0.05, 0) is 37.8 Å². The van der Waals surface area contributed by atoms with Crippen LogP contribution in [0.5, 0.6) is 0 Å². The zero-order chi connectivity index (χ0) is 18.7. The number of carbonyl (C=O) groups is 2. The Balaban J connectivity index is 1.66. The lowest BCUT2D eigenvalue weighted by atomic mass is 10.1. The fourth-order valence-corrected chi connectivity index (χ4v) is 6.21. The predicted molar refractivity (Wildman–Crippen MR) is 98.9 cm³/mol. The number of thiophene rings is 1. The average Bonchev–Trinajstić information content (AvgIpc) is 3.32. The van der Waals surface area contributed by atoms with Gasteiger partial charge < -0.3 is 9.64 Å². The molecule has 2 heterocycles. The molecule has 1 amide bonds. The normalized spacial score (nSPS) is 21.7. The second-order valence-corrected chi connectivity index (χ2v) is 9.89. The molecule has 0 aromatic carbocycles. The summed E-state index contributed by atoms with van der Waals surface area (Å²) in [5, 5.41) is -0.583. The Kier molecular flexibility index (Phi) is 5.99. The van der Waals surface area contributed by atoms with Crippen molar-refractivity contribution in [2.45, 2.75) is 49.8 Å². The Bertz CT molecular complexity index is 768. The van der Waals surface area contributed by atoms with E-state index in [9.17, 15) is 18.0 Å². The number of methoxy groups -OCH3 is 1. The van der Waals surface area contributed by atoms with Crippen molar-refractivity contribution in [3.8, 4) is 0 Å². The van der Waals surface area contributed by atoms with E-state index < -0.39 is 21.2 Å². The number of amides is 1. The number of rotatable bonds is 5. The highest BCUT2D eigenvalue weighted by Crippen LogP contribution is 2.25. The fraction of sp³-hybridized carbons (Fsp3) is 0.647. The second-order valence-electron chi connectivity index (χ2n) is 6.82. The maximum Gasteiger partial charge on any atom is 0.348 e. The van der Waals surface area contributed by atoms with Crippen LogP contribution in [-0.2, 0) is 14.8 Å². The van der Waals surface area contributed by atoms with E-state index in [1.165, 1.54) is 7.11 Å². The first-order chi connectivity index (χ1) is 12.4. The number of carbonyl (C=O) groups excluding carboxylic acids is 2. The van der Waals surface area contributed by atoms with Crippen molar-refractivity contribution in [3.63, 3.8) is 0 Å². The molecule has 7 nitrogen and oxygen atoms in total. The largest absolute Gasteiger partial charge is 0.465 e. The predicted octanol–water partition coefficient (Wildman–Crippen LogP) is 2.00. The number of piperidine rings is 1. The van der Waals surface area contributed by atoms with Crippen molar-refractivity contribution in [2.24, 2.45) is 0 Å². The van der Waals surface area contributed by atoms with Crippen LogP contribution in [0.4, 0.5) is 0 Å². The molecular formula is C17H24N2O5S2. The molecule has 2 fully saturated rings. The Morgan fingerprint density at radius 3 is 2.54 bits per heavy atom. The van der Waals surface area contributed by atoms with E-state index in [0.717, 1.165) is 37.0 Å². The third-order valence-electron chi connectivity index (χ3n) is 4.99. The van der Waals surface area contributed by atoms with Gasteiger partial charge in [0.1, 0.15) is 4.88 Å². The lowest BCUT2D eigenvalue weighted by Crippen LogP contribution is -2.49. The van der Waals surface area contributed by atoms with Crippen molar-refractivity contribution in [1.29, 1.82) is 0 Å². The Hall–Kier alpha value is -1.45. The molecular weight excluding hydrogens is 376 g/mol. The number of sulfonamides is 1. The van der Waals surface area contributed by atoms with Gasteiger partial charge in [-0.3, -0.25) is 4.79 Å². The number of hydrogen-bond acceptors (Lipinski definition) is 6. The van der Waals surface area contributed by atoms with E-state index in [2.05, 4.69) is 9.46 Å². The topological polar surface area (TPSA) is 92.8 Å². The Morgan fingerprint density at radius 2 is 1.85 bits per heavy atom. The van der Waals surface area contributed by atoms with Crippen LogP contribution in [0.3, 0.4) is 0 Å². The fourth-order valence-electron chi connectivity index (χ4n) is 3.57. The lowest BCUT2D eigenvalue weighted by molar-refractivity contribution is 0.0606. The zero-order valence-corrected chi connectivity index (χ0v) is 16.4. The van der Waals surface area contributed by atoms with E-state index in [1.54, 1.807) is 17.0 Å². The first kappa shape index (κ1) is 19.3. The number of ether oxygens (including phenoxy) is 1. The summed E-state index contributed by atoms with van der Waals surface area (Å²) in [7, 11) is -2.15. The van der Waals surface area contributed by atoms with Crippen molar-refractivity contribution in [3.05, 3.63) is 21.9 Å². The molecule has 0 bridgehead atoms. The van der Waals surface area contributed by atoms with Crippen LogP contribution in [0.2, 0.25) is 0 Å². The zero-order valence-electron chi connectivity index (χ0n) is 14.8. The van der Waals surface area contributed by atoms with Gasteiger partial charge in [0.15, 0.2) is 0 Å². The smallest absolute Gasteiger partial charge is 0.348 e. The molecule has 1 aliphatic heterocycles. The van der Waals surface area contributed by atoms with Gasteiger partial charge in [-0.15, -0.1) is 11.3 Å². The molecule has 2 aliphatic rings. The molecule has 1 aliphatic carbocycles. The highest BCUT2D eigenvalue weighted by atomic mass is 32.2. The Morgan fingerprint density at radius 1 is 1.15 bits per heavy atom. The van der Waals surface area contributed by atoms with E-state index in [1.807, 2.05) is 0 Å². The maximum atomic E-state index is 12.7. The quantitative estimate of drug-likeness (QED) is 0.763. The number of likely N-dealkylation sites (tertiary alicyclic amines) is 1. The summed E-state index contributed by atoms with van der Waals surface area (Å²) >= 11 is 1.07. The summed E-state index contributed by atoms with van der Waals surface area (Å²) in [6, 6.07) is 3.18. The van der Waals surface area contributed by atoms with Gasteiger partial charge in [0.25, 0.3) is 5.91 Å². The molecule has 1 saturated heterocycles. The summed E-state index contributed by atoms with van der Waals surface area (Å²) < 4.78 is 32.8. The summed E-state index contributed by atoms with van der Waals surface area (Å²) in [4.78, 5) is 26.6. The van der Waals surface area contributed by atoms with Crippen molar-refractivity contribution < 1.29 is 22.7 Å². The third-order valence-corrected chi connectivity index (χ3v) is 7.97. The molecule has 9 heteroatoms. The number of hydrogen-bond donors (Lipinski definition) is 1. The molecule has 3 rings (SSSR count). The van der Waals surface area contributed by atoms with E-state index in [-0.39, 0.29) is 18.5 Å². The van der Waals surface area contributed by atoms with E-state index in [0.29, 0.717) is 29.1 Å². The molecule has 0 radical (unpaired) electrons. The second kappa shape index (κ2) is 8.06. The molecule has 0 unspecified atom stereocenters. The van der Waals surface area contributed by atoms with Gasteiger partial charge in [-0.25, -0.2) is 17.9 Å². The van der Waals surface area contributed by atoms with Crippen LogP contribution < -0.4 is 4.72 Å². The van der Waals surface area contributed by atoms with Crippen LogP contribution in [0, 0.1) is 0 Å². The third kappa shape index (κ3) is 4.27. The van der Waals surface area contributed by atoms with Crippen LogP contribution in [0.1, 0.15) is 57.9 Å². The van der Waals surface area contributed by atoms with Gasteiger partial charge in [-0.2, -0.15) is 0 Å². The molecule has 0 spiro atoms. The first-order valence-electron chi connectivity index (χ1n) is 8.89. The number of nitrogens with zero attached hydrogens (tertiary/aromatic N) is 1. The van der Waals surface area contributed by atoms with E-state index >= 15 is 0 Å². The standard InChI is InChI=1S/C17H24N2O5S2/c1-24-17(21)15-9-8-14(25-15)16(20)19-10-4-7-13(11-19)26(22,23)18-12-5-2-3-6-12/h8-9,12-13,18H,2-7,10-11H2,1H3/t13-/m0/s1. The molecule has 1 atom stereocenters. The number of nitrogens with one attached hydrogen (secondary N) is 1. The van der Waals surface area contributed by atoms with Gasteiger partial charge in [0.05, 0.1) is 17.2 Å². The monoisotopic (exact) mass is 400 g/mol. The minimum atomic E-state index is -3.44. The van der Waals surface area contributed by atoms with Crippen LogP contribution in [0.15, 0.2) is 12.1 Å². The molecule has 1 aromatic heterocycles. The maximum absolute atomic E-state index is 12.7. The van der Waals surface area contributed by atoms with Gasteiger partial charge in [0.2, 0.25) is 10.0 Å². The van der Waals surface area contributed by atoms with Crippen molar-refractivity contribution in [2.75, 3.05) is 20.2 Å².